The smallest absolute Gasteiger partial charge is 0.232 e. The number of H-pyrrole nitrogens is 1. The molecule has 2 heterocycles. The summed E-state index contributed by atoms with van der Waals surface area (Å²) < 4.78 is 1.42. The molecule has 0 saturated carbocycles. The fourth-order valence-corrected chi connectivity index (χ4v) is 1.78. The summed E-state index contributed by atoms with van der Waals surface area (Å²) in [5, 5.41) is 14.2. The molecule has 5 heteroatoms. The van der Waals surface area contributed by atoms with Crippen LogP contribution < -0.4 is 0 Å². The Morgan fingerprint density at radius 1 is 1.24 bits per heavy atom. The molecule has 0 aliphatic heterocycles. The summed E-state index contributed by atoms with van der Waals surface area (Å²) in [6.07, 6.45) is 0. The van der Waals surface area contributed by atoms with Crippen LogP contribution in [0.25, 0.3) is 17.0 Å². The molecule has 86 valence electrons. The lowest BCUT2D eigenvalue weighted by atomic mass is 10.3. The Kier molecular flexibility index (Phi) is 1.95. The van der Waals surface area contributed by atoms with Crippen LogP contribution in [-0.4, -0.2) is 24.9 Å². The van der Waals surface area contributed by atoms with Gasteiger partial charge in [0.1, 0.15) is 0 Å². The molecule has 0 unspecified atom stereocenters. The third-order valence-corrected chi connectivity index (χ3v) is 2.91. The number of benzene rings is 1. The zero-order chi connectivity index (χ0) is 12.0. The fraction of sp³-hybridized carbons (Fsp3) is 0.167. The number of nitrogens with zero attached hydrogens (tertiary/aromatic N) is 3. The van der Waals surface area contributed by atoms with Crippen LogP contribution in [0.4, 0.5) is 0 Å². The molecule has 0 bridgehead atoms. The van der Waals surface area contributed by atoms with Crippen molar-refractivity contribution >= 4 is 11.0 Å². The SMILES string of the molecule is Cc1nn(-c2nc3ccccc3[nH]2)c(O)c1C. The van der Waals surface area contributed by atoms with E-state index in [9.17, 15) is 5.11 Å². The van der Waals surface area contributed by atoms with E-state index in [-0.39, 0.29) is 5.88 Å². The predicted molar refractivity (Wildman–Crippen MR) is 64.4 cm³/mol. The highest BCUT2D eigenvalue weighted by Gasteiger charge is 2.14. The third-order valence-electron chi connectivity index (χ3n) is 2.91. The van der Waals surface area contributed by atoms with Crippen LogP contribution in [0.5, 0.6) is 5.88 Å². The molecule has 3 aromatic rings. The molecule has 3 rings (SSSR count). The average molecular weight is 228 g/mol. The number of aryl methyl sites for hydroxylation is 1. The van der Waals surface area contributed by atoms with Crippen molar-refractivity contribution in [1.29, 1.82) is 0 Å². The zero-order valence-corrected chi connectivity index (χ0v) is 9.60. The van der Waals surface area contributed by atoms with Crippen molar-refractivity contribution in [2.45, 2.75) is 13.8 Å². The lowest BCUT2D eigenvalue weighted by Gasteiger charge is -1.96. The molecular formula is C12H12N4O. The van der Waals surface area contributed by atoms with Gasteiger partial charge in [0, 0.05) is 5.56 Å². The number of rotatable bonds is 1. The number of nitrogens with one attached hydrogen (secondary N) is 1. The van der Waals surface area contributed by atoms with Crippen LogP contribution >= 0.6 is 0 Å². The maximum absolute atomic E-state index is 9.94. The van der Waals surface area contributed by atoms with E-state index in [0.717, 1.165) is 22.3 Å². The van der Waals surface area contributed by atoms with Crippen LogP contribution in [0, 0.1) is 13.8 Å². The van der Waals surface area contributed by atoms with Gasteiger partial charge in [-0.15, -0.1) is 0 Å². The van der Waals surface area contributed by atoms with Gasteiger partial charge in [0.2, 0.25) is 11.8 Å². The predicted octanol–water partition coefficient (Wildman–Crippen LogP) is 2.07. The first-order valence-electron chi connectivity index (χ1n) is 5.37. The van der Waals surface area contributed by atoms with Gasteiger partial charge >= 0.3 is 0 Å². The van der Waals surface area contributed by atoms with Gasteiger partial charge in [-0.05, 0) is 26.0 Å². The van der Waals surface area contributed by atoms with E-state index >= 15 is 0 Å². The van der Waals surface area contributed by atoms with E-state index in [2.05, 4.69) is 15.1 Å². The molecule has 2 N–H and O–H groups in total. The fourth-order valence-electron chi connectivity index (χ4n) is 1.78. The highest BCUT2D eigenvalue weighted by atomic mass is 16.3. The molecule has 0 amide bonds. The second-order valence-electron chi connectivity index (χ2n) is 4.02. The van der Waals surface area contributed by atoms with E-state index in [1.807, 2.05) is 38.1 Å². The number of fused-ring (bicyclic) bond motifs is 1. The molecule has 0 saturated heterocycles. The first-order chi connectivity index (χ1) is 8.16. The van der Waals surface area contributed by atoms with E-state index in [0.29, 0.717) is 5.95 Å². The minimum atomic E-state index is 0.126. The molecule has 0 spiro atoms. The van der Waals surface area contributed by atoms with Gasteiger partial charge < -0.3 is 10.1 Å². The maximum Gasteiger partial charge on any atom is 0.232 e. The highest BCUT2D eigenvalue weighted by Crippen LogP contribution is 2.23. The molecule has 0 aliphatic rings. The second-order valence-corrected chi connectivity index (χ2v) is 4.02. The number of hydrogen-bond acceptors (Lipinski definition) is 3. The number of aromatic amines is 1. The van der Waals surface area contributed by atoms with E-state index in [4.69, 9.17) is 0 Å². The molecule has 0 radical (unpaired) electrons. The largest absolute Gasteiger partial charge is 0.493 e. The monoisotopic (exact) mass is 228 g/mol. The minimum absolute atomic E-state index is 0.126. The summed E-state index contributed by atoms with van der Waals surface area (Å²) in [5.74, 6) is 0.654. The Balaban J connectivity index is 2.23. The summed E-state index contributed by atoms with van der Waals surface area (Å²) >= 11 is 0. The first-order valence-corrected chi connectivity index (χ1v) is 5.37. The van der Waals surface area contributed by atoms with Gasteiger partial charge in [-0.1, -0.05) is 12.1 Å². The molecular weight excluding hydrogens is 216 g/mol. The maximum atomic E-state index is 9.94. The van der Waals surface area contributed by atoms with Crippen LogP contribution in [0.3, 0.4) is 0 Å². The van der Waals surface area contributed by atoms with Gasteiger partial charge in [0.15, 0.2) is 0 Å². The van der Waals surface area contributed by atoms with Gasteiger partial charge in [-0.3, -0.25) is 0 Å². The van der Waals surface area contributed by atoms with Gasteiger partial charge in [-0.25, -0.2) is 4.98 Å². The summed E-state index contributed by atoms with van der Waals surface area (Å²) in [4.78, 5) is 7.51. The lowest BCUT2D eigenvalue weighted by Crippen LogP contribution is -1.98. The van der Waals surface area contributed by atoms with Crippen LogP contribution in [0.15, 0.2) is 24.3 Å². The second kappa shape index (κ2) is 3.35. The Bertz CT molecular complexity index is 663. The molecule has 17 heavy (non-hydrogen) atoms. The van der Waals surface area contributed by atoms with Crippen molar-refractivity contribution in [3.8, 4) is 11.8 Å². The third kappa shape index (κ3) is 1.39. The average Bonchev–Trinajstić information content (AvgIpc) is 2.86. The number of aromatic nitrogens is 4. The minimum Gasteiger partial charge on any atom is -0.493 e. The van der Waals surface area contributed by atoms with Crippen molar-refractivity contribution in [2.75, 3.05) is 0 Å². The highest BCUT2D eigenvalue weighted by molar-refractivity contribution is 5.76. The van der Waals surface area contributed by atoms with E-state index in [1.54, 1.807) is 0 Å². The Morgan fingerprint density at radius 2 is 2.00 bits per heavy atom. The van der Waals surface area contributed by atoms with Gasteiger partial charge in [0.05, 0.1) is 16.7 Å². The number of para-hydroxylation sites is 2. The number of hydrogen-bond donors (Lipinski definition) is 2. The number of imidazole rings is 1. The van der Waals surface area contributed by atoms with Crippen molar-refractivity contribution < 1.29 is 5.11 Å². The molecule has 0 fully saturated rings. The number of aromatic hydroxyl groups is 1. The summed E-state index contributed by atoms with van der Waals surface area (Å²) in [6, 6.07) is 7.71. The molecule has 5 nitrogen and oxygen atoms in total. The van der Waals surface area contributed by atoms with Crippen LogP contribution in [0.2, 0.25) is 0 Å². The van der Waals surface area contributed by atoms with Crippen molar-refractivity contribution in [2.24, 2.45) is 0 Å². The first kappa shape index (κ1) is 9.89. The summed E-state index contributed by atoms with van der Waals surface area (Å²) in [6.45, 7) is 3.69. The molecule has 2 aromatic heterocycles. The van der Waals surface area contributed by atoms with Crippen LogP contribution in [-0.2, 0) is 0 Å². The lowest BCUT2D eigenvalue weighted by molar-refractivity contribution is 0.427. The Hall–Kier alpha value is -2.30. The Morgan fingerprint density at radius 3 is 2.65 bits per heavy atom. The van der Waals surface area contributed by atoms with Gasteiger partial charge in [0.25, 0.3) is 0 Å². The Labute approximate surface area is 97.7 Å². The molecule has 0 aliphatic carbocycles. The quantitative estimate of drug-likeness (QED) is 0.670. The molecule has 1 aromatic carbocycles. The van der Waals surface area contributed by atoms with E-state index in [1.165, 1.54) is 4.68 Å². The van der Waals surface area contributed by atoms with Crippen molar-refractivity contribution in [1.82, 2.24) is 19.7 Å². The van der Waals surface area contributed by atoms with Gasteiger partial charge in [-0.2, -0.15) is 9.78 Å². The normalized spacial score (nSPS) is 11.2. The zero-order valence-electron chi connectivity index (χ0n) is 9.60. The molecule has 0 atom stereocenters. The summed E-state index contributed by atoms with van der Waals surface area (Å²) in [7, 11) is 0. The van der Waals surface area contributed by atoms with Crippen LogP contribution in [0.1, 0.15) is 11.3 Å². The van der Waals surface area contributed by atoms with E-state index < -0.39 is 0 Å². The summed E-state index contributed by atoms with van der Waals surface area (Å²) in [5.41, 5.74) is 3.34. The topological polar surface area (TPSA) is 66.7 Å². The standard InChI is InChI=1S/C12H12N4O/c1-7-8(2)15-16(11(7)17)12-13-9-5-3-4-6-10(9)14-12/h3-6,17H,1-2H3,(H,13,14). The van der Waals surface area contributed by atoms with Crippen molar-refractivity contribution in [3.63, 3.8) is 0 Å². The van der Waals surface area contributed by atoms with Crippen molar-refractivity contribution in [3.05, 3.63) is 35.5 Å².